The summed E-state index contributed by atoms with van der Waals surface area (Å²) in [5, 5.41) is 0. The molecule has 3 heteroatoms. The zero-order chi connectivity index (χ0) is 13.6. The third-order valence-corrected chi connectivity index (χ3v) is 4.31. The summed E-state index contributed by atoms with van der Waals surface area (Å²) in [5.74, 6) is 0.966. The predicted molar refractivity (Wildman–Crippen MR) is 79.1 cm³/mol. The summed E-state index contributed by atoms with van der Waals surface area (Å²) in [6.07, 6.45) is 3.30. The van der Waals surface area contributed by atoms with Crippen LogP contribution in [0.25, 0.3) is 0 Å². The fourth-order valence-corrected chi connectivity index (χ4v) is 3.03. The van der Waals surface area contributed by atoms with E-state index in [2.05, 4.69) is 48.8 Å². The molecule has 2 nitrogen and oxygen atoms in total. The van der Waals surface area contributed by atoms with Crippen molar-refractivity contribution >= 4 is 15.9 Å². The highest BCUT2D eigenvalue weighted by Gasteiger charge is 2.38. The topological polar surface area (TPSA) is 35.2 Å². The Morgan fingerprint density at radius 3 is 2.28 bits per heavy atom. The molecular formula is C15H22BrNO. The second kappa shape index (κ2) is 4.53. The van der Waals surface area contributed by atoms with Gasteiger partial charge in [0.15, 0.2) is 0 Å². The predicted octanol–water partition coefficient (Wildman–Crippen LogP) is 4.09. The summed E-state index contributed by atoms with van der Waals surface area (Å²) in [7, 11) is 1.74. The molecule has 1 aromatic carbocycles. The van der Waals surface area contributed by atoms with Gasteiger partial charge in [-0.1, -0.05) is 36.7 Å². The van der Waals surface area contributed by atoms with Gasteiger partial charge in [-0.15, -0.1) is 0 Å². The van der Waals surface area contributed by atoms with E-state index >= 15 is 0 Å². The standard InChI is InChI=1S/C15H22BrNO/c1-14(2,3)11-8-10(16)9-12(13(11)18-4)15(17)6-5-7-15/h8-9H,5-7,17H2,1-4H3. The van der Waals surface area contributed by atoms with Crippen LogP contribution in [0.1, 0.15) is 51.2 Å². The molecule has 1 fully saturated rings. The molecule has 0 radical (unpaired) electrons. The maximum absolute atomic E-state index is 6.48. The molecule has 0 atom stereocenters. The highest BCUT2D eigenvalue weighted by Crippen LogP contribution is 2.47. The number of halogens is 1. The van der Waals surface area contributed by atoms with Crippen LogP contribution in [0, 0.1) is 0 Å². The second-order valence-corrected chi connectivity index (χ2v) is 7.21. The van der Waals surface area contributed by atoms with E-state index in [0.717, 1.165) is 28.6 Å². The van der Waals surface area contributed by atoms with E-state index in [0.29, 0.717) is 0 Å². The van der Waals surface area contributed by atoms with Crippen molar-refractivity contribution in [2.45, 2.75) is 51.0 Å². The van der Waals surface area contributed by atoms with Crippen molar-refractivity contribution in [1.29, 1.82) is 0 Å². The largest absolute Gasteiger partial charge is 0.496 e. The van der Waals surface area contributed by atoms with Crippen LogP contribution in [0.3, 0.4) is 0 Å². The molecule has 2 rings (SSSR count). The highest BCUT2D eigenvalue weighted by atomic mass is 79.9. The van der Waals surface area contributed by atoms with Crippen LogP contribution in [-0.4, -0.2) is 7.11 Å². The lowest BCUT2D eigenvalue weighted by Crippen LogP contribution is -2.43. The molecule has 0 bridgehead atoms. The van der Waals surface area contributed by atoms with Gasteiger partial charge in [0.2, 0.25) is 0 Å². The van der Waals surface area contributed by atoms with Crippen molar-refractivity contribution < 1.29 is 4.74 Å². The normalized spacial score (nSPS) is 18.3. The smallest absolute Gasteiger partial charge is 0.127 e. The van der Waals surface area contributed by atoms with Gasteiger partial charge in [-0.05, 0) is 36.8 Å². The van der Waals surface area contributed by atoms with Crippen LogP contribution in [0.2, 0.25) is 0 Å². The zero-order valence-corrected chi connectivity index (χ0v) is 13.2. The summed E-state index contributed by atoms with van der Waals surface area (Å²) in [6.45, 7) is 6.60. The third-order valence-electron chi connectivity index (χ3n) is 3.85. The Labute approximate surface area is 118 Å². The van der Waals surface area contributed by atoms with Crippen molar-refractivity contribution in [1.82, 2.24) is 0 Å². The molecule has 0 spiro atoms. The number of nitrogens with two attached hydrogens (primary N) is 1. The molecule has 18 heavy (non-hydrogen) atoms. The van der Waals surface area contributed by atoms with Crippen molar-refractivity contribution in [3.63, 3.8) is 0 Å². The second-order valence-electron chi connectivity index (χ2n) is 6.29. The number of hydrogen-bond donors (Lipinski definition) is 1. The molecule has 0 unspecified atom stereocenters. The first-order valence-corrected chi connectivity index (χ1v) is 7.24. The quantitative estimate of drug-likeness (QED) is 0.892. The minimum Gasteiger partial charge on any atom is -0.496 e. The molecule has 1 saturated carbocycles. The van der Waals surface area contributed by atoms with Crippen LogP contribution in [0.5, 0.6) is 5.75 Å². The SMILES string of the molecule is COc1c(C(C)(C)C)cc(Br)cc1C1(N)CCC1. The van der Waals surface area contributed by atoms with Gasteiger partial charge >= 0.3 is 0 Å². The van der Waals surface area contributed by atoms with Gasteiger partial charge in [0.1, 0.15) is 5.75 Å². The highest BCUT2D eigenvalue weighted by molar-refractivity contribution is 9.10. The van der Waals surface area contributed by atoms with Crippen LogP contribution in [0.4, 0.5) is 0 Å². The Morgan fingerprint density at radius 1 is 1.28 bits per heavy atom. The van der Waals surface area contributed by atoms with Gasteiger partial charge in [-0.25, -0.2) is 0 Å². The molecule has 1 aliphatic rings. The minimum absolute atomic E-state index is 0.0456. The van der Waals surface area contributed by atoms with E-state index in [1.807, 2.05) is 0 Å². The Hall–Kier alpha value is -0.540. The number of rotatable bonds is 2. The number of ether oxygens (including phenoxy) is 1. The summed E-state index contributed by atoms with van der Waals surface area (Å²) in [5.41, 5.74) is 8.69. The van der Waals surface area contributed by atoms with Gasteiger partial charge in [-0.3, -0.25) is 0 Å². The molecule has 2 N–H and O–H groups in total. The molecular weight excluding hydrogens is 290 g/mol. The van der Waals surface area contributed by atoms with Crippen molar-refractivity contribution in [2.75, 3.05) is 7.11 Å². The molecule has 0 aromatic heterocycles. The van der Waals surface area contributed by atoms with Gasteiger partial charge in [0, 0.05) is 21.1 Å². The molecule has 1 aliphatic carbocycles. The molecule has 0 aliphatic heterocycles. The molecule has 1 aromatic rings. The van der Waals surface area contributed by atoms with Crippen molar-refractivity contribution in [3.8, 4) is 5.75 Å². The van der Waals surface area contributed by atoms with Gasteiger partial charge in [0.25, 0.3) is 0 Å². The Kier molecular flexibility index (Phi) is 3.50. The first-order chi connectivity index (χ1) is 8.28. The fraction of sp³-hybridized carbons (Fsp3) is 0.600. The molecule has 0 heterocycles. The van der Waals surface area contributed by atoms with Crippen molar-refractivity contribution in [3.05, 3.63) is 27.7 Å². The Morgan fingerprint density at radius 2 is 1.89 bits per heavy atom. The maximum Gasteiger partial charge on any atom is 0.127 e. The van der Waals surface area contributed by atoms with Gasteiger partial charge < -0.3 is 10.5 Å². The average molecular weight is 312 g/mol. The lowest BCUT2D eigenvalue weighted by atomic mass is 9.71. The van der Waals surface area contributed by atoms with E-state index in [1.165, 1.54) is 12.0 Å². The van der Waals surface area contributed by atoms with Gasteiger partial charge in [-0.2, -0.15) is 0 Å². The summed E-state index contributed by atoms with van der Waals surface area (Å²) < 4.78 is 6.76. The van der Waals surface area contributed by atoms with Crippen LogP contribution < -0.4 is 10.5 Å². The summed E-state index contributed by atoms with van der Waals surface area (Å²) in [4.78, 5) is 0. The zero-order valence-electron chi connectivity index (χ0n) is 11.6. The summed E-state index contributed by atoms with van der Waals surface area (Å²) >= 11 is 3.60. The first-order valence-electron chi connectivity index (χ1n) is 6.45. The van der Waals surface area contributed by atoms with E-state index in [9.17, 15) is 0 Å². The van der Waals surface area contributed by atoms with Gasteiger partial charge in [0.05, 0.1) is 7.11 Å². The summed E-state index contributed by atoms with van der Waals surface area (Å²) in [6, 6.07) is 4.26. The van der Waals surface area contributed by atoms with Crippen LogP contribution in [-0.2, 0) is 11.0 Å². The monoisotopic (exact) mass is 311 g/mol. The third kappa shape index (κ3) is 2.30. The van der Waals surface area contributed by atoms with Crippen LogP contribution >= 0.6 is 15.9 Å². The molecule has 0 amide bonds. The molecule has 100 valence electrons. The minimum atomic E-state index is -0.199. The number of hydrogen-bond acceptors (Lipinski definition) is 2. The van der Waals surface area contributed by atoms with E-state index < -0.39 is 0 Å². The fourth-order valence-electron chi connectivity index (χ4n) is 2.57. The first kappa shape index (κ1) is 13.9. The van der Waals surface area contributed by atoms with E-state index in [-0.39, 0.29) is 11.0 Å². The lowest BCUT2D eigenvalue weighted by molar-refractivity contribution is 0.242. The molecule has 0 saturated heterocycles. The Bertz CT molecular complexity index is 458. The maximum atomic E-state index is 6.48. The van der Waals surface area contributed by atoms with Crippen LogP contribution in [0.15, 0.2) is 16.6 Å². The number of benzene rings is 1. The average Bonchev–Trinajstić information content (AvgIpc) is 2.23. The number of methoxy groups -OCH3 is 1. The van der Waals surface area contributed by atoms with E-state index in [4.69, 9.17) is 10.5 Å². The lowest BCUT2D eigenvalue weighted by Gasteiger charge is -2.40. The van der Waals surface area contributed by atoms with Crippen molar-refractivity contribution in [2.24, 2.45) is 5.73 Å². The Balaban J connectivity index is 2.62. The van der Waals surface area contributed by atoms with E-state index in [1.54, 1.807) is 7.11 Å².